The van der Waals surface area contributed by atoms with Gasteiger partial charge < -0.3 is 14.9 Å². The highest BCUT2D eigenvalue weighted by Gasteiger charge is 2.26. The molecule has 1 aromatic carbocycles. The zero-order valence-corrected chi connectivity index (χ0v) is 10.6. The predicted octanol–water partition coefficient (Wildman–Crippen LogP) is 2.22. The molecule has 2 rings (SSSR count). The van der Waals surface area contributed by atoms with Crippen LogP contribution in [0, 0.1) is 5.92 Å². The van der Waals surface area contributed by atoms with Gasteiger partial charge in [-0.05, 0) is 46.7 Å². The fourth-order valence-corrected chi connectivity index (χ4v) is 2.33. The summed E-state index contributed by atoms with van der Waals surface area (Å²) < 4.78 is 5.87. The molecule has 0 amide bonds. The topological polar surface area (TPSA) is 49.7 Å². The monoisotopic (exact) mass is 320 g/mol. The molecule has 0 bridgehead atoms. The van der Waals surface area contributed by atoms with Crippen LogP contribution in [0.2, 0.25) is 0 Å². The fourth-order valence-electron chi connectivity index (χ4n) is 1.82. The van der Waals surface area contributed by atoms with Crippen molar-refractivity contribution in [1.29, 1.82) is 0 Å². The molecule has 3 nitrogen and oxygen atoms in total. The largest absolute Gasteiger partial charge is 0.508 e. The van der Waals surface area contributed by atoms with Gasteiger partial charge in [0, 0.05) is 11.5 Å². The molecule has 0 fully saturated rings. The van der Waals surface area contributed by atoms with Crippen molar-refractivity contribution in [2.24, 2.45) is 5.92 Å². The summed E-state index contributed by atoms with van der Waals surface area (Å²) >= 11 is 2.25. The second-order valence-corrected chi connectivity index (χ2v) is 5.13. The van der Waals surface area contributed by atoms with E-state index in [1.807, 2.05) is 0 Å². The molecule has 1 aromatic rings. The number of halogens is 1. The van der Waals surface area contributed by atoms with E-state index in [-0.39, 0.29) is 16.5 Å². The first-order valence-corrected chi connectivity index (χ1v) is 6.12. The van der Waals surface area contributed by atoms with Crippen LogP contribution in [0.4, 0.5) is 0 Å². The van der Waals surface area contributed by atoms with Gasteiger partial charge in [0.2, 0.25) is 0 Å². The van der Waals surface area contributed by atoms with Crippen LogP contribution in [0.1, 0.15) is 18.1 Å². The van der Waals surface area contributed by atoms with Crippen molar-refractivity contribution in [1.82, 2.24) is 0 Å². The van der Waals surface area contributed by atoms with Crippen molar-refractivity contribution >= 4 is 22.6 Å². The second-order valence-electron chi connectivity index (χ2n) is 3.90. The number of fused-ring (bicyclic) bond motifs is 1. The molecule has 0 aliphatic carbocycles. The number of aromatic hydroxyl groups is 1. The third-order valence-electron chi connectivity index (χ3n) is 2.62. The van der Waals surface area contributed by atoms with Gasteiger partial charge in [-0.3, -0.25) is 0 Å². The van der Waals surface area contributed by atoms with E-state index in [4.69, 9.17) is 4.74 Å². The smallest absolute Gasteiger partial charge is 0.152 e. The van der Waals surface area contributed by atoms with Gasteiger partial charge in [-0.2, -0.15) is 0 Å². The minimum Gasteiger partial charge on any atom is -0.508 e. The van der Waals surface area contributed by atoms with Gasteiger partial charge in [0.15, 0.2) is 4.11 Å². The first-order chi connectivity index (χ1) is 7.11. The lowest BCUT2D eigenvalue weighted by Gasteiger charge is -2.29. The molecule has 82 valence electrons. The minimum atomic E-state index is -0.103. The highest BCUT2D eigenvalue weighted by Crippen LogP contribution is 2.38. The minimum absolute atomic E-state index is 0.103. The van der Waals surface area contributed by atoms with Crippen LogP contribution in [0.25, 0.3) is 0 Å². The molecule has 1 unspecified atom stereocenters. The van der Waals surface area contributed by atoms with E-state index in [0.29, 0.717) is 11.5 Å². The lowest BCUT2D eigenvalue weighted by molar-refractivity contribution is 0.203. The Morgan fingerprint density at radius 2 is 2.27 bits per heavy atom. The molecule has 0 saturated carbocycles. The first kappa shape index (κ1) is 11.0. The lowest BCUT2D eigenvalue weighted by atomic mass is 9.96. The number of phenols is 1. The van der Waals surface area contributed by atoms with Crippen LogP contribution < -0.4 is 4.74 Å². The number of benzene rings is 1. The Labute approximate surface area is 102 Å². The third-order valence-corrected chi connectivity index (χ3v) is 4.10. The maximum Gasteiger partial charge on any atom is 0.152 e. The maximum atomic E-state index is 9.48. The van der Waals surface area contributed by atoms with Gasteiger partial charge in [-0.15, -0.1) is 0 Å². The highest BCUT2D eigenvalue weighted by molar-refractivity contribution is 14.1. The molecule has 0 radical (unpaired) electrons. The number of alkyl halides is 1. The number of phenolic OH excluding ortho intramolecular Hbond substituents is 1. The Bertz CT molecular complexity index is 378. The second kappa shape index (κ2) is 4.17. The van der Waals surface area contributed by atoms with Crippen LogP contribution in [-0.4, -0.2) is 14.3 Å². The van der Waals surface area contributed by atoms with Gasteiger partial charge in [-0.25, -0.2) is 0 Å². The van der Waals surface area contributed by atoms with Crippen molar-refractivity contribution in [2.45, 2.75) is 24.1 Å². The summed E-state index contributed by atoms with van der Waals surface area (Å²) in [5, 5.41) is 18.7. The van der Waals surface area contributed by atoms with E-state index in [2.05, 4.69) is 29.5 Å². The molecule has 1 aliphatic heterocycles. The van der Waals surface area contributed by atoms with E-state index in [1.165, 1.54) is 0 Å². The summed E-state index contributed by atoms with van der Waals surface area (Å²) in [5.74, 6) is 1.36. The molecule has 4 heteroatoms. The molecule has 0 aromatic heterocycles. The van der Waals surface area contributed by atoms with Gasteiger partial charge >= 0.3 is 0 Å². The number of rotatable bonds is 1. The molecule has 1 aliphatic rings. The van der Waals surface area contributed by atoms with Crippen LogP contribution in [0.5, 0.6) is 11.5 Å². The zero-order valence-electron chi connectivity index (χ0n) is 8.40. The molecule has 2 atom stereocenters. The summed E-state index contributed by atoms with van der Waals surface area (Å²) in [6.07, 6.45) is 0.879. The van der Waals surface area contributed by atoms with Gasteiger partial charge in [0.25, 0.3) is 0 Å². The van der Waals surface area contributed by atoms with Gasteiger partial charge in [0.1, 0.15) is 11.5 Å². The Morgan fingerprint density at radius 1 is 1.53 bits per heavy atom. The van der Waals surface area contributed by atoms with E-state index in [1.54, 1.807) is 12.1 Å². The number of hydrogen-bond donors (Lipinski definition) is 2. The Balaban J connectivity index is 2.47. The average Bonchev–Trinajstić information content (AvgIpc) is 2.19. The summed E-state index contributed by atoms with van der Waals surface area (Å²) in [6, 6.07) is 3.27. The SMILES string of the molecule is C[C@H]1Cc2cc(O)cc(CO)c2OC1I. The Kier molecular flexibility index (Phi) is 3.06. The fraction of sp³-hybridized carbons (Fsp3) is 0.455. The third kappa shape index (κ3) is 2.06. The molecular weight excluding hydrogens is 307 g/mol. The quantitative estimate of drug-likeness (QED) is 0.616. The summed E-state index contributed by atoms with van der Waals surface area (Å²) in [4.78, 5) is 0. The van der Waals surface area contributed by atoms with Crippen molar-refractivity contribution < 1.29 is 14.9 Å². The van der Waals surface area contributed by atoms with Gasteiger partial charge in [-0.1, -0.05) is 6.92 Å². The molecule has 0 saturated heterocycles. The highest BCUT2D eigenvalue weighted by atomic mass is 127. The van der Waals surface area contributed by atoms with E-state index < -0.39 is 0 Å². The van der Waals surface area contributed by atoms with Crippen molar-refractivity contribution in [3.8, 4) is 11.5 Å². The molecule has 2 N–H and O–H groups in total. The number of aliphatic hydroxyl groups is 1. The molecule has 15 heavy (non-hydrogen) atoms. The van der Waals surface area contributed by atoms with Crippen LogP contribution in [-0.2, 0) is 13.0 Å². The number of ether oxygens (including phenoxy) is 1. The lowest BCUT2D eigenvalue weighted by Crippen LogP contribution is -2.26. The van der Waals surface area contributed by atoms with E-state index in [9.17, 15) is 10.2 Å². The summed E-state index contributed by atoms with van der Waals surface area (Å²) in [7, 11) is 0. The Morgan fingerprint density at radius 3 is 2.93 bits per heavy atom. The zero-order chi connectivity index (χ0) is 11.0. The molecule has 1 heterocycles. The standard InChI is InChI=1S/C11H13IO3/c1-6-2-7-3-9(14)4-8(5-13)10(7)15-11(6)12/h3-4,6,11,13-14H,2,5H2,1H3/t6-,11?/m0/s1. The average molecular weight is 320 g/mol. The van der Waals surface area contributed by atoms with Gasteiger partial charge in [0.05, 0.1) is 6.61 Å². The normalized spacial score (nSPS) is 24.5. The maximum absolute atomic E-state index is 9.48. The summed E-state index contributed by atoms with van der Waals surface area (Å²) in [6.45, 7) is 2.01. The molecular formula is C11H13IO3. The van der Waals surface area contributed by atoms with Crippen molar-refractivity contribution in [3.63, 3.8) is 0 Å². The van der Waals surface area contributed by atoms with Crippen LogP contribution >= 0.6 is 22.6 Å². The molecule has 0 spiro atoms. The Hall–Kier alpha value is -0.490. The van der Waals surface area contributed by atoms with Crippen molar-refractivity contribution in [2.75, 3.05) is 0 Å². The van der Waals surface area contributed by atoms with Crippen LogP contribution in [0.15, 0.2) is 12.1 Å². The predicted molar refractivity (Wildman–Crippen MR) is 65.3 cm³/mol. The van der Waals surface area contributed by atoms with E-state index in [0.717, 1.165) is 17.7 Å². The number of aliphatic hydroxyl groups excluding tert-OH is 1. The van der Waals surface area contributed by atoms with Crippen LogP contribution in [0.3, 0.4) is 0 Å². The first-order valence-electron chi connectivity index (χ1n) is 4.88. The number of hydrogen-bond acceptors (Lipinski definition) is 3. The van der Waals surface area contributed by atoms with E-state index >= 15 is 0 Å². The van der Waals surface area contributed by atoms with Crippen molar-refractivity contribution in [3.05, 3.63) is 23.3 Å². The summed E-state index contributed by atoms with van der Waals surface area (Å²) in [5.41, 5.74) is 1.65.